The molecule has 0 fully saturated rings. The molecule has 0 rings (SSSR count). The molecule has 6 nitrogen and oxygen atoms in total. The van der Waals surface area contributed by atoms with Gasteiger partial charge in [-0.2, -0.15) is 0 Å². The van der Waals surface area contributed by atoms with Gasteiger partial charge in [-0.3, -0.25) is 19.2 Å². The van der Waals surface area contributed by atoms with Gasteiger partial charge in [-0.1, -0.05) is 55.4 Å². The molecule has 2 atom stereocenters. The molecule has 0 saturated heterocycles. The third-order valence-electron chi connectivity index (χ3n) is 5.83. The monoisotopic (exact) mass is 496 g/mol. The number of ketones is 4. The van der Waals surface area contributed by atoms with E-state index in [1.807, 2.05) is 27.7 Å². The normalized spacial score (nSPS) is 13.6. The van der Waals surface area contributed by atoms with Crippen molar-refractivity contribution < 1.29 is 28.7 Å². The third-order valence-corrected chi connectivity index (χ3v) is 5.83. The average Bonchev–Trinajstić information content (AvgIpc) is 2.75. The van der Waals surface area contributed by atoms with Crippen LogP contribution in [0.1, 0.15) is 113 Å². The summed E-state index contributed by atoms with van der Waals surface area (Å²) in [4.78, 5) is 49.6. The highest BCUT2D eigenvalue weighted by atomic mass is 16.5. The Labute approximate surface area is 214 Å². The summed E-state index contributed by atoms with van der Waals surface area (Å²) < 4.78 is 11.4. The van der Waals surface area contributed by atoms with Gasteiger partial charge >= 0.3 is 0 Å². The van der Waals surface area contributed by atoms with Crippen LogP contribution in [0.2, 0.25) is 0 Å². The van der Waals surface area contributed by atoms with Gasteiger partial charge in [-0.05, 0) is 55.8 Å². The van der Waals surface area contributed by atoms with E-state index in [1.54, 1.807) is 0 Å². The first kappa shape index (κ1) is 33.6. The van der Waals surface area contributed by atoms with E-state index in [2.05, 4.69) is 27.7 Å². The van der Waals surface area contributed by atoms with Gasteiger partial charge in [-0.15, -0.1) is 0 Å². The van der Waals surface area contributed by atoms with Gasteiger partial charge in [0.2, 0.25) is 0 Å². The SMILES string of the molecule is CC(C)CCC(=O)[C@@H](CC(C)C)OCC(=O)CCCC(=O)CO[C@H](CC(C)C)C(=O)CCC(C)C. The van der Waals surface area contributed by atoms with Crippen molar-refractivity contribution in [3.05, 3.63) is 0 Å². The zero-order chi connectivity index (χ0) is 27.0. The Morgan fingerprint density at radius 3 is 1.14 bits per heavy atom. The van der Waals surface area contributed by atoms with Crippen molar-refractivity contribution in [1.82, 2.24) is 0 Å². The summed E-state index contributed by atoms with van der Waals surface area (Å²) in [5.74, 6) is 1.40. The maximum absolute atomic E-state index is 12.5. The van der Waals surface area contributed by atoms with Crippen LogP contribution >= 0.6 is 0 Å². The van der Waals surface area contributed by atoms with Gasteiger partial charge in [0.25, 0.3) is 0 Å². The number of ether oxygens (including phenoxy) is 2. The summed E-state index contributed by atoms with van der Waals surface area (Å²) in [5.41, 5.74) is 0. The van der Waals surface area contributed by atoms with Crippen molar-refractivity contribution >= 4 is 23.1 Å². The Morgan fingerprint density at radius 1 is 0.514 bits per heavy atom. The lowest BCUT2D eigenvalue weighted by Gasteiger charge is -2.19. The molecule has 0 unspecified atom stereocenters. The Morgan fingerprint density at radius 2 is 0.857 bits per heavy atom. The molecule has 204 valence electrons. The molecule has 35 heavy (non-hydrogen) atoms. The minimum absolute atomic E-state index is 0.0615. The van der Waals surface area contributed by atoms with Crippen molar-refractivity contribution in [3.63, 3.8) is 0 Å². The van der Waals surface area contributed by atoms with Crippen LogP contribution in [0.3, 0.4) is 0 Å². The number of hydrogen-bond donors (Lipinski definition) is 0. The van der Waals surface area contributed by atoms with Crippen molar-refractivity contribution in [1.29, 1.82) is 0 Å². The van der Waals surface area contributed by atoms with Crippen LogP contribution < -0.4 is 0 Å². The fourth-order valence-electron chi connectivity index (χ4n) is 3.64. The first-order valence-corrected chi connectivity index (χ1v) is 13.6. The predicted molar refractivity (Wildman–Crippen MR) is 140 cm³/mol. The first-order valence-electron chi connectivity index (χ1n) is 13.6. The zero-order valence-electron chi connectivity index (χ0n) is 23.7. The summed E-state index contributed by atoms with van der Waals surface area (Å²) in [6, 6.07) is 0. The van der Waals surface area contributed by atoms with Gasteiger partial charge < -0.3 is 9.47 Å². The Bertz CT molecular complexity index is 581. The lowest BCUT2D eigenvalue weighted by Crippen LogP contribution is -2.29. The summed E-state index contributed by atoms with van der Waals surface area (Å²) in [6.07, 6.45) is 3.55. The highest BCUT2D eigenvalue weighted by Gasteiger charge is 2.23. The standard InChI is InChI=1S/C29H52O6/c1-20(2)12-14-26(32)28(16-22(5)6)34-18-24(30)10-9-11-25(31)19-35-29(17-23(7)8)27(33)15-13-21(3)4/h20-23,28-29H,9-19H2,1-8H3/t28-,29-/m1/s1. The van der Waals surface area contributed by atoms with E-state index >= 15 is 0 Å². The van der Waals surface area contributed by atoms with Crippen LogP contribution in [0.15, 0.2) is 0 Å². The smallest absolute Gasteiger partial charge is 0.161 e. The van der Waals surface area contributed by atoms with E-state index in [9.17, 15) is 19.2 Å². The van der Waals surface area contributed by atoms with Gasteiger partial charge in [-0.25, -0.2) is 0 Å². The molecule has 6 heteroatoms. The quantitative estimate of drug-likeness (QED) is 0.178. The minimum Gasteiger partial charge on any atom is -0.363 e. The van der Waals surface area contributed by atoms with Crippen molar-refractivity contribution in [2.75, 3.05) is 13.2 Å². The van der Waals surface area contributed by atoms with Crippen LogP contribution in [-0.2, 0) is 28.7 Å². The molecule has 0 aromatic rings. The topological polar surface area (TPSA) is 86.7 Å². The maximum Gasteiger partial charge on any atom is 0.161 e. The van der Waals surface area contributed by atoms with Crippen LogP contribution in [0.5, 0.6) is 0 Å². The van der Waals surface area contributed by atoms with E-state index in [-0.39, 0.29) is 49.2 Å². The lowest BCUT2D eigenvalue weighted by molar-refractivity contribution is -0.137. The van der Waals surface area contributed by atoms with Gasteiger partial charge in [0.15, 0.2) is 23.1 Å². The Balaban J connectivity index is 4.45. The summed E-state index contributed by atoms with van der Waals surface area (Å²) in [7, 11) is 0. The van der Waals surface area contributed by atoms with Crippen LogP contribution in [0, 0.1) is 23.7 Å². The Kier molecular flexibility index (Phi) is 18.1. The van der Waals surface area contributed by atoms with Gasteiger partial charge in [0, 0.05) is 25.7 Å². The van der Waals surface area contributed by atoms with Crippen molar-refractivity contribution in [2.24, 2.45) is 23.7 Å². The maximum atomic E-state index is 12.5. The number of carbonyl (C=O) groups excluding carboxylic acids is 4. The summed E-state index contributed by atoms with van der Waals surface area (Å²) >= 11 is 0. The largest absolute Gasteiger partial charge is 0.363 e. The van der Waals surface area contributed by atoms with Crippen LogP contribution in [-0.4, -0.2) is 48.6 Å². The second-order valence-electron chi connectivity index (χ2n) is 11.6. The lowest BCUT2D eigenvalue weighted by atomic mass is 9.97. The molecular formula is C29H52O6. The molecule has 0 heterocycles. The molecule has 0 aromatic heterocycles. The molecule has 0 radical (unpaired) electrons. The van der Waals surface area contributed by atoms with E-state index in [0.29, 0.717) is 55.8 Å². The molecule has 0 aromatic carbocycles. The fourth-order valence-corrected chi connectivity index (χ4v) is 3.64. The van der Waals surface area contributed by atoms with Crippen LogP contribution in [0.4, 0.5) is 0 Å². The molecular weight excluding hydrogens is 444 g/mol. The molecule has 0 aliphatic heterocycles. The second kappa shape index (κ2) is 18.8. The van der Waals surface area contributed by atoms with Gasteiger partial charge in [0.1, 0.15) is 25.4 Å². The van der Waals surface area contributed by atoms with Crippen molar-refractivity contribution in [2.45, 2.75) is 125 Å². The third kappa shape index (κ3) is 18.5. The molecule has 0 spiro atoms. The average molecular weight is 497 g/mol. The number of rotatable bonds is 22. The molecule has 0 N–H and O–H groups in total. The van der Waals surface area contributed by atoms with E-state index < -0.39 is 12.2 Å². The molecule has 0 bridgehead atoms. The zero-order valence-corrected chi connectivity index (χ0v) is 23.7. The number of hydrogen-bond acceptors (Lipinski definition) is 6. The minimum atomic E-state index is -0.543. The summed E-state index contributed by atoms with van der Waals surface area (Å²) in [6.45, 7) is 16.3. The van der Waals surface area contributed by atoms with E-state index in [1.165, 1.54) is 0 Å². The number of carbonyl (C=O) groups is 4. The molecule has 0 saturated carbocycles. The fraction of sp³-hybridized carbons (Fsp3) is 0.862. The number of Topliss-reactive ketones (excluding diaryl/α,β-unsaturated/α-hetero) is 4. The first-order chi connectivity index (χ1) is 16.3. The highest BCUT2D eigenvalue weighted by Crippen LogP contribution is 2.16. The molecule has 0 amide bonds. The highest BCUT2D eigenvalue weighted by molar-refractivity contribution is 5.85. The van der Waals surface area contributed by atoms with E-state index in [4.69, 9.17) is 9.47 Å². The van der Waals surface area contributed by atoms with Crippen molar-refractivity contribution in [3.8, 4) is 0 Å². The Hall–Kier alpha value is -1.40. The van der Waals surface area contributed by atoms with Crippen LogP contribution in [0.25, 0.3) is 0 Å². The predicted octanol–water partition coefficient (Wildman–Crippen LogP) is 6.17. The van der Waals surface area contributed by atoms with Gasteiger partial charge in [0.05, 0.1) is 0 Å². The molecule has 0 aliphatic carbocycles. The summed E-state index contributed by atoms with van der Waals surface area (Å²) in [5, 5.41) is 0. The second-order valence-corrected chi connectivity index (χ2v) is 11.6. The molecule has 0 aliphatic rings. The van der Waals surface area contributed by atoms with E-state index in [0.717, 1.165) is 12.8 Å².